The van der Waals surface area contributed by atoms with Gasteiger partial charge in [-0.3, -0.25) is 0 Å². The van der Waals surface area contributed by atoms with Gasteiger partial charge in [-0.1, -0.05) is 33.6 Å². The SMILES string of the molecule is CC(C)(C)CCCCC(C)(C)NS(=O)(=O)c1ccc(F)c(OCC23CC2C3)c1. The first-order chi connectivity index (χ1) is 12.8. The van der Waals surface area contributed by atoms with Crippen molar-refractivity contribution in [3.05, 3.63) is 24.0 Å². The maximum absolute atomic E-state index is 14.1. The van der Waals surface area contributed by atoms with Crippen molar-refractivity contribution >= 4 is 10.0 Å². The quantitative estimate of drug-likeness (QED) is 0.533. The maximum atomic E-state index is 14.1. The summed E-state index contributed by atoms with van der Waals surface area (Å²) in [6, 6.07) is 3.79. The first kappa shape index (κ1) is 21.6. The van der Waals surface area contributed by atoms with Crippen LogP contribution < -0.4 is 9.46 Å². The molecule has 4 nitrogen and oxygen atoms in total. The molecule has 2 aliphatic rings. The smallest absolute Gasteiger partial charge is 0.241 e. The van der Waals surface area contributed by atoms with E-state index in [2.05, 4.69) is 25.5 Å². The zero-order chi connectivity index (χ0) is 20.8. The number of hydrogen-bond acceptors (Lipinski definition) is 3. The van der Waals surface area contributed by atoms with E-state index in [1.54, 1.807) is 0 Å². The topological polar surface area (TPSA) is 55.4 Å². The Morgan fingerprint density at radius 3 is 2.32 bits per heavy atom. The molecular weight excluding hydrogens is 377 g/mol. The highest BCUT2D eigenvalue weighted by atomic mass is 32.2. The van der Waals surface area contributed by atoms with E-state index in [9.17, 15) is 12.8 Å². The summed E-state index contributed by atoms with van der Waals surface area (Å²) in [6.07, 6.45) is 6.17. The van der Waals surface area contributed by atoms with Crippen LogP contribution in [0, 0.1) is 22.6 Å². The minimum atomic E-state index is -3.75. The third-order valence-electron chi connectivity index (χ3n) is 5.97. The summed E-state index contributed by atoms with van der Waals surface area (Å²) in [5.41, 5.74) is -0.0242. The number of nitrogens with one attached hydrogen (secondary N) is 1. The van der Waals surface area contributed by atoms with Crippen molar-refractivity contribution in [1.29, 1.82) is 0 Å². The van der Waals surface area contributed by atoms with E-state index >= 15 is 0 Å². The molecule has 2 saturated carbocycles. The second-order valence-corrected chi connectivity index (χ2v) is 12.3. The number of ether oxygens (including phenoxy) is 1. The summed E-state index contributed by atoms with van der Waals surface area (Å²) < 4.78 is 48.1. The van der Waals surface area contributed by atoms with E-state index in [-0.39, 0.29) is 21.5 Å². The minimum Gasteiger partial charge on any atom is -0.490 e. The predicted octanol–water partition coefficient (Wildman–Crippen LogP) is 5.28. The maximum Gasteiger partial charge on any atom is 0.241 e. The highest BCUT2D eigenvalue weighted by Gasteiger charge is 2.70. The molecule has 0 unspecified atom stereocenters. The third-order valence-corrected chi connectivity index (χ3v) is 7.66. The van der Waals surface area contributed by atoms with Gasteiger partial charge >= 0.3 is 0 Å². The van der Waals surface area contributed by atoms with Crippen molar-refractivity contribution in [1.82, 2.24) is 4.72 Å². The van der Waals surface area contributed by atoms with E-state index in [0.717, 1.165) is 44.4 Å². The van der Waals surface area contributed by atoms with Crippen LogP contribution in [0.1, 0.15) is 73.1 Å². The molecule has 1 N–H and O–H groups in total. The van der Waals surface area contributed by atoms with Crippen LogP contribution in [0.5, 0.6) is 5.75 Å². The van der Waals surface area contributed by atoms with E-state index < -0.39 is 21.4 Å². The van der Waals surface area contributed by atoms with Gasteiger partial charge in [0.05, 0.1) is 11.5 Å². The van der Waals surface area contributed by atoms with Gasteiger partial charge in [-0.15, -0.1) is 0 Å². The molecule has 1 aromatic rings. The normalized spacial score (nSPS) is 24.0. The van der Waals surface area contributed by atoms with Crippen molar-refractivity contribution in [2.24, 2.45) is 16.7 Å². The summed E-state index contributed by atoms with van der Waals surface area (Å²) in [5, 5.41) is 0. The van der Waals surface area contributed by atoms with Crippen molar-refractivity contribution in [2.45, 2.75) is 83.6 Å². The second kappa shape index (κ2) is 7.28. The van der Waals surface area contributed by atoms with Crippen LogP contribution in [-0.2, 0) is 10.0 Å². The van der Waals surface area contributed by atoms with Gasteiger partial charge in [0.1, 0.15) is 0 Å². The van der Waals surface area contributed by atoms with Crippen molar-refractivity contribution in [3.63, 3.8) is 0 Å². The molecule has 0 heterocycles. The van der Waals surface area contributed by atoms with Gasteiger partial charge in [0.25, 0.3) is 0 Å². The van der Waals surface area contributed by atoms with Gasteiger partial charge in [0.2, 0.25) is 10.0 Å². The zero-order valence-electron chi connectivity index (χ0n) is 17.8. The molecule has 1 aromatic carbocycles. The number of rotatable bonds is 10. The Kier molecular flexibility index (Phi) is 5.61. The van der Waals surface area contributed by atoms with Crippen molar-refractivity contribution in [2.75, 3.05) is 6.61 Å². The number of unbranched alkanes of at least 4 members (excludes halogenated alkanes) is 1. The van der Waals surface area contributed by atoms with Crippen LogP contribution in [0.2, 0.25) is 0 Å². The van der Waals surface area contributed by atoms with Gasteiger partial charge in [0.15, 0.2) is 11.6 Å². The van der Waals surface area contributed by atoms with Gasteiger partial charge in [-0.2, -0.15) is 0 Å². The Bertz CT molecular complexity index is 821. The van der Waals surface area contributed by atoms with Gasteiger partial charge in [-0.25, -0.2) is 17.5 Å². The monoisotopic (exact) mass is 411 g/mol. The molecule has 0 saturated heterocycles. The number of halogens is 1. The molecule has 6 heteroatoms. The number of fused-ring (bicyclic) bond motifs is 1. The van der Waals surface area contributed by atoms with E-state index in [0.29, 0.717) is 6.61 Å². The fraction of sp³-hybridized carbons (Fsp3) is 0.727. The second-order valence-electron chi connectivity index (χ2n) is 10.6. The van der Waals surface area contributed by atoms with Gasteiger partial charge in [0, 0.05) is 17.0 Å². The molecule has 0 bridgehead atoms. The average Bonchev–Trinajstić information content (AvgIpc) is 3.39. The lowest BCUT2D eigenvalue weighted by atomic mass is 9.88. The molecule has 28 heavy (non-hydrogen) atoms. The summed E-state index contributed by atoms with van der Waals surface area (Å²) >= 11 is 0. The molecule has 0 aromatic heterocycles. The number of benzene rings is 1. The molecule has 2 aliphatic carbocycles. The van der Waals surface area contributed by atoms with Crippen LogP contribution in [-0.4, -0.2) is 20.6 Å². The van der Waals surface area contributed by atoms with Crippen LogP contribution in [0.15, 0.2) is 23.1 Å². The molecule has 2 fully saturated rings. The molecule has 0 radical (unpaired) electrons. The van der Waals surface area contributed by atoms with Crippen LogP contribution >= 0.6 is 0 Å². The Labute approximate surface area is 169 Å². The van der Waals surface area contributed by atoms with Crippen LogP contribution in [0.3, 0.4) is 0 Å². The Hall–Kier alpha value is -1.14. The van der Waals surface area contributed by atoms with Crippen molar-refractivity contribution in [3.8, 4) is 5.75 Å². The molecular formula is C22H34FNO3S. The molecule has 0 spiro atoms. The Morgan fingerprint density at radius 1 is 1.14 bits per heavy atom. The van der Waals surface area contributed by atoms with E-state index in [4.69, 9.17) is 4.74 Å². The first-order valence-corrected chi connectivity index (χ1v) is 11.8. The fourth-order valence-electron chi connectivity index (χ4n) is 3.72. The zero-order valence-corrected chi connectivity index (χ0v) is 18.6. The standard InChI is InChI=1S/C22H34FNO3S/c1-20(2,3)10-6-7-11-21(4,5)24-28(25,26)17-8-9-18(23)19(12-17)27-15-22-13-16(22)14-22/h8-9,12,16,24H,6-7,10-11,13-15H2,1-5H3. The van der Waals surface area contributed by atoms with Gasteiger partial charge in [-0.05, 0) is 63.0 Å². The van der Waals surface area contributed by atoms with E-state index in [1.165, 1.54) is 18.2 Å². The predicted molar refractivity (Wildman–Crippen MR) is 109 cm³/mol. The van der Waals surface area contributed by atoms with Gasteiger partial charge < -0.3 is 4.74 Å². The van der Waals surface area contributed by atoms with Crippen LogP contribution in [0.4, 0.5) is 4.39 Å². The highest BCUT2D eigenvalue weighted by molar-refractivity contribution is 7.89. The number of hydrogen-bond donors (Lipinski definition) is 1. The lowest BCUT2D eigenvalue weighted by molar-refractivity contribution is 0.257. The lowest BCUT2D eigenvalue weighted by Crippen LogP contribution is -2.43. The molecule has 0 atom stereocenters. The van der Waals surface area contributed by atoms with E-state index in [1.807, 2.05) is 13.8 Å². The Morgan fingerprint density at radius 2 is 1.75 bits per heavy atom. The molecule has 3 rings (SSSR count). The summed E-state index contributed by atoms with van der Waals surface area (Å²) in [4.78, 5) is 0.0484. The summed E-state index contributed by atoms with van der Waals surface area (Å²) in [5.74, 6) is 0.246. The third kappa shape index (κ3) is 5.47. The largest absolute Gasteiger partial charge is 0.490 e. The lowest BCUT2D eigenvalue weighted by Gasteiger charge is -2.27. The first-order valence-electron chi connectivity index (χ1n) is 10.3. The number of sulfonamides is 1. The van der Waals surface area contributed by atoms with Crippen LogP contribution in [0.25, 0.3) is 0 Å². The highest BCUT2D eigenvalue weighted by Crippen LogP contribution is 2.75. The summed E-state index contributed by atoms with van der Waals surface area (Å²) in [6.45, 7) is 10.9. The minimum absolute atomic E-state index is 0.0257. The summed E-state index contributed by atoms with van der Waals surface area (Å²) in [7, 11) is -3.75. The average molecular weight is 412 g/mol. The molecule has 0 amide bonds. The Balaban J connectivity index is 1.59. The molecule has 0 aliphatic heterocycles. The molecule has 158 valence electrons. The fourth-order valence-corrected chi connectivity index (χ4v) is 5.18. The van der Waals surface area contributed by atoms with Crippen molar-refractivity contribution < 1.29 is 17.5 Å².